The number of benzene rings is 1. The highest BCUT2D eigenvalue weighted by atomic mass is 35.5. The van der Waals surface area contributed by atoms with Gasteiger partial charge >= 0.3 is 0 Å². The number of methoxy groups -OCH3 is 1. The highest BCUT2D eigenvalue weighted by Crippen LogP contribution is 2.28. The largest absolute Gasteiger partial charge is 0.495 e. The molecule has 0 unspecified atom stereocenters. The van der Waals surface area contributed by atoms with Crippen LogP contribution in [0.4, 0.5) is 0 Å². The van der Waals surface area contributed by atoms with Crippen LogP contribution < -0.4 is 10.5 Å². The van der Waals surface area contributed by atoms with Crippen molar-refractivity contribution in [2.75, 3.05) is 13.7 Å². The molecule has 0 atom stereocenters. The number of aryl methyl sites for hydroxylation is 1. The number of nitrogens with two attached hydrogens (primary N) is 1. The molecule has 3 heteroatoms. The van der Waals surface area contributed by atoms with Crippen molar-refractivity contribution in [3.8, 4) is 5.75 Å². The van der Waals surface area contributed by atoms with E-state index in [0.717, 1.165) is 42.1 Å². The molecule has 2 N–H and O–H groups in total. The molecule has 1 aromatic carbocycles. The molecule has 1 aromatic rings. The predicted molar refractivity (Wildman–Crippen MR) is 60.0 cm³/mol. The van der Waals surface area contributed by atoms with Gasteiger partial charge in [0.25, 0.3) is 0 Å². The van der Waals surface area contributed by atoms with Crippen molar-refractivity contribution in [1.82, 2.24) is 0 Å². The van der Waals surface area contributed by atoms with E-state index >= 15 is 0 Å². The summed E-state index contributed by atoms with van der Waals surface area (Å²) in [6.07, 6.45) is 3.07. The molecule has 0 heterocycles. The van der Waals surface area contributed by atoms with E-state index in [1.54, 1.807) is 7.11 Å². The lowest BCUT2D eigenvalue weighted by Crippen LogP contribution is -1.99. The van der Waals surface area contributed by atoms with E-state index in [1.165, 1.54) is 0 Å². The van der Waals surface area contributed by atoms with E-state index in [0.29, 0.717) is 0 Å². The van der Waals surface area contributed by atoms with Gasteiger partial charge in [0.15, 0.2) is 0 Å². The summed E-state index contributed by atoms with van der Waals surface area (Å²) in [7, 11) is 1.63. The fourth-order valence-corrected chi connectivity index (χ4v) is 1.66. The van der Waals surface area contributed by atoms with Gasteiger partial charge in [-0.05, 0) is 37.4 Å². The summed E-state index contributed by atoms with van der Waals surface area (Å²) in [5, 5.41) is 0.729. The van der Waals surface area contributed by atoms with Gasteiger partial charge in [-0.3, -0.25) is 0 Å². The maximum absolute atomic E-state index is 6.13. The summed E-state index contributed by atoms with van der Waals surface area (Å²) in [6.45, 7) is 0.738. The second-order valence-corrected chi connectivity index (χ2v) is 3.56. The minimum Gasteiger partial charge on any atom is -0.495 e. The zero-order valence-corrected chi connectivity index (χ0v) is 9.18. The van der Waals surface area contributed by atoms with Gasteiger partial charge in [-0.2, -0.15) is 0 Å². The summed E-state index contributed by atoms with van der Waals surface area (Å²) in [4.78, 5) is 0. The van der Waals surface area contributed by atoms with Gasteiger partial charge in [0.05, 0.1) is 12.1 Å². The number of halogens is 1. The summed E-state index contributed by atoms with van der Waals surface area (Å²) in [5.41, 5.74) is 6.57. The zero-order valence-electron chi connectivity index (χ0n) is 8.42. The quantitative estimate of drug-likeness (QED) is 0.764. The Hall–Kier alpha value is -0.730. The lowest BCUT2D eigenvalue weighted by molar-refractivity contribution is 0.414. The minimum atomic E-state index is 0.729. The molecular formula is C11H16ClNO. The van der Waals surface area contributed by atoms with E-state index in [4.69, 9.17) is 22.1 Å². The molecular weight excluding hydrogens is 198 g/mol. The van der Waals surface area contributed by atoms with Gasteiger partial charge in [0.2, 0.25) is 0 Å². The third kappa shape index (κ3) is 2.89. The van der Waals surface area contributed by atoms with Crippen LogP contribution in [0.2, 0.25) is 5.02 Å². The maximum Gasteiger partial charge on any atom is 0.137 e. The van der Waals surface area contributed by atoms with Crippen LogP contribution in [0.5, 0.6) is 5.75 Å². The molecule has 0 bridgehead atoms. The third-order valence-electron chi connectivity index (χ3n) is 2.16. The fourth-order valence-electron chi connectivity index (χ4n) is 1.37. The van der Waals surface area contributed by atoms with Gasteiger partial charge in [-0.25, -0.2) is 0 Å². The molecule has 0 amide bonds. The Kier molecular flexibility index (Phi) is 4.77. The number of ether oxygens (including phenoxy) is 1. The number of unbranched alkanes of at least 4 members (excludes halogenated alkanes) is 1. The molecule has 0 aliphatic carbocycles. The molecule has 0 spiro atoms. The van der Waals surface area contributed by atoms with Crippen molar-refractivity contribution in [3.05, 3.63) is 28.8 Å². The highest BCUT2D eigenvalue weighted by molar-refractivity contribution is 6.32. The van der Waals surface area contributed by atoms with Gasteiger partial charge in [-0.15, -0.1) is 0 Å². The summed E-state index contributed by atoms with van der Waals surface area (Å²) >= 11 is 6.13. The molecule has 1 rings (SSSR count). The summed E-state index contributed by atoms with van der Waals surface area (Å²) < 4.78 is 5.14. The second kappa shape index (κ2) is 5.89. The average Bonchev–Trinajstić information content (AvgIpc) is 2.21. The van der Waals surface area contributed by atoms with Crippen LogP contribution in [0, 0.1) is 0 Å². The van der Waals surface area contributed by atoms with E-state index in [1.807, 2.05) is 18.2 Å². The SMILES string of the molecule is COc1cccc(CCCCN)c1Cl. The van der Waals surface area contributed by atoms with Crippen LogP contribution in [0.3, 0.4) is 0 Å². The van der Waals surface area contributed by atoms with Crippen LogP contribution in [0.1, 0.15) is 18.4 Å². The second-order valence-electron chi connectivity index (χ2n) is 3.18. The first-order valence-electron chi connectivity index (χ1n) is 4.81. The minimum absolute atomic E-state index is 0.729. The maximum atomic E-state index is 6.13. The summed E-state index contributed by atoms with van der Waals surface area (Å²) in [6, 6.07) is 5.86. The Balaban J connectivity index is 2.66. The monoisotopic (exact) mass is 213 g/mol. The van der Waals surface area contributed by atoms with Crippen LogP contribution in [0.25, 0.3) is 0 Å². The standard InChI is InChI=1S/C11H16ClNO/c1-14-10-7-4-6-9(11(10)12)5-2-3-8-13/h4,6-7H,2-3,5,8,13H2,1H3. The molecule has 0 radical (unpaired) electrons. The Bertz CT molecular complexity index is 289. The zero-order chi connectivity index (χ0) is 10.4. The Morgan fingerprint density at radius 1 is 1.36 bits per heavy atom. The molecule has 0 fully saturated rings. The van der Waals surface area contributed by atoms with Crippen molar-refractivity contribution in [2.45, 2.75) is 19.3 Å². The number of rotatable bonds is 5. The molecule has 0 aliphatic heterocycles. The van der Waals surface area contributed by atoms with E-state index < -0.39 is 0 Å². The van der Waals surface area contributed by atoms with Crippen molar-refractivity contribution in [3.63, 3.8) is 0 Å². The smallest absolute Gasteiger partial charge is 0.137 e. The Labute approximate surface area is 90.0 Å². The fraction of sp³-hybridized carbons (Fsp3) is 0.455. The van der Waals surface area contributed by atoms with E-state index in [-0.39, 0.29) is 0 Å². The lowest BCUT2D eigenvalue weighted by atomic mass is 10.1. The van der Waals surface area contributed by atoms with Crippen molar-refractivity contribution in [1.29, 1.82) is 0 Å². The predicted octanol–water partition coefficient (Wildman–Crippen LogP) is 2.63. The third-order valence-corrected chi connectivity index (χ3v) is 2.59. The van der Waals surface area contributed by atoms with Crippen molar-refractivity contribution >= 4 is 11.6 Å². The van der Waals surface area contributed by atoms with Gasteiger partial charge in [0.1, 0.15) is 5.75 Å². The molecule has 0 saturated heterocycles. The van der Waals surface area contributed by atoms with Crippen LogP contribution in [-0.2, 0) is 6.42 Å². The van der Waals surface area contributed by atoms with Crippen LogP contribution >= 0.6 is 11.6 Å². The molecule has 14 heavy (non-hydrogen) atoms. The van der Waals surface area contributed by atoms with Crippen molar-refractivity contribution in [2.24, 2.45) is 5.73 Å². The highest BCUT2D eigenvalue weighted by Gasteiger charge is 2.05. The molecule has 78 valence electrons. The lowest BCUT2D eigenvalue weighted by Gasteiger charge is -2.07. The number of hydrogen-bond acceptors (Lipinski definition) is 2. The summed E-state index contributed by atoms with van der Waals surface area (Å²) in [5.74, 6) is 0.747. The topological polar surface area (TPSA) is 35.2 Å². The molecule has 0 aliphatic rings. The van der Waals surface area contributed by atoms with Gasteiger partial charge < -0.3 is 10.5 Å². The van der Waals surface area contributed by atoms with Gasteiger partial charge in [0, 0.05) is 0 Å². The van der Waals surface area contributed by atoms with Crippen LogP contribution in [-0.4, -0.2) is 13.7 Å². The first-order chi connectivity index (χ1) is 6.79. The molecule has 0 saturated carbocycles. The Morgan fingerprint density at radius 3 is 2.79 bits per heavy atom. The van der Waals surface area contributed by atoms with Crippen LogP contribution in [0.15, 0.2) is 18.2 Å². The first-order valence-corrected chi connectivity index (χ1v) is 5.19. The normalized spacial score (nSPS) is 10.2. The first kappa shape index (κ1) is 11.3. The molecule has 0 aromatic heterocycles. The van der Waals surface area contributed by atoms with E-state index in [2.05, 4.69) is 0 Å². The average molecular weight is 214 g/mol. The van der Waals surface area contributed by atoms with E-state index in [9.17, 15) is 0 Å². The van der Waals surface area contributed by atoms with Crippen molar-refractivity contribution < 1.29 is 4.74 Å². The molecule has 2 nitrogen and oxygen atoms in total. The number of hydrogen-bond donors (Lipinski definition) is 1. The Morgan fingerprint density at radius 2 is 2.14 bits per heavy atom. The van der Waals surface area contributed by atoms with Gasteiger partial charge in [-0.1, -0.05) is 23.7 Å².